The number of primary amides is 1. The van der Waals surface area contributed by atoms with Gasteiger partial charge in [-0.15, -0.1) is 0 Å². The molecule has 1 aliphatic rings. The number of nitrogens with two attached hydrogens (primary N) is 1. The Labute approximate surface area is 110 Å². The van der Waals surface area contributed by atoms with Crippen LogP contribution in [0, 0.1) is 0 Å². The SMILES string of the molecule is CC(NCc1cc(Cl)c2c(c1)OCCO2)C(N)=O. The number of hydrogen-bond donors (Lipinski definition) is 2. The van der Waals surface area contributed by atoms with Crippen LogP contribution in [0.3, 0.4) is 0 Å². The van der Waals surface area contributed by atoms with Crippen LogP contribution < -0.4 is 20.5 Å². The molecule has 98 valence electrons. The zero-order chi connectivity index (χ0) is 13.1. The van der Waals surface area contributed by atoms with Crippen LogP contribution >= 0.6 is 11.6 Å². The molecule has 1 aromatic rings. The van der Waals surface area contributed by atoms with Gasteiger partial charge < -0.3 is 20.5 Å². The van der Waals surface area contributed by atoms with Crippen LogP contribution in [-0.4, -0.2) is 25.2 Å². The van der Waals surface area contributed by atoms with E-state index in [1.807, 2.05) is 6.07 Å². The van der Waals surface area contributed by atoms with E-state index in [9.17, 15) is 4.79 Å². The van der Waals surface area contributed by atoms with Gasteiger partial charge in [0.2, 0.25) is 5.91 Å². The molecule has 1 aromatic carbocycles. The zero-order valence-corrected chi connectivity index (χ0v) is 10.8. The van der Waals surface area contributed by atoms with E-state index in [0.717, 1.165) is 5.56 Å². The number of carbonyl (C=O) groups is 1. The van der Waals surface area contributed by atoms with Gasteiger partial charge in [0.1, 0.15) is 13.2 Å². The van der Waals surface area contributed by atoms with Crippen LogP contribution in [0.15, 0.2) is 12.1 Å². The van der Waals surface area contributed by atoms with Crippen molar-refractivity contribution >= 4 is 17.5 Å². The second-order valence-corrected chi connectivity index (χ2v) is 4.51. The highest BCUT2D eigenvalue weighted by molar-refractivity contribution is 6.32. The molecule has 18 heavy (non-hydrogen) atoms. The minimum absolute atomic E-state index is 0.390. The molecular weight excluding hydrogens is 256 g/mol. The first-order valence-corrected chi connectivity index (χ1v) is 6.06. The smallest absolute Gasteiger partial charge is 0.234 e. The van der Waals surface area contributed by atoms with Crippen LogP contribution in [0.2, 0.25) is 5.02 Å². The summed E-state index contributed by atoms with van der Waals surface area (Å²) in [6, 6.07) is 3.24. The predicted octanol–water partition coefficient (Wildman–Crippen LogP) is 1.07. The van der Waals surface area contributed by atoms with Gasteiger partial charge in [-0.25, -0.2) is 0 Å². The highest BCUT2D eigenvalue weighted by Gasteiger charge is 2.17. The molecule has 0 spiro atoms. The highest BCUT2D eigenvalue weighted by atomic mass is 35.5. The molecule has 2 rings (SSSR count). The Morgan fingerprint density at radius 2 is 2.22 bits per heavy atom. The largest absolute Gasteiger partial charge is 0.486 e. The summed E-state index contributed by atoms with van der Waals surface area (Å²) in [7, 11) is 0. The average molecular weight is 271 g/mol. The number of carbonyl (C=O) groups excluding carboxylic acids is 1. The molecule has 1 unspecified atom stereocenters. The van der Waals surface area contributed by atoms with E-state index in [-0.39, 0.29) is 0 Å². The Bertz CT molecular complexity index is 465. The fourth-order valence-electron chi connectivity index (χ4n) is 1.64. The topological polar surface area (TPSA) is 73.6 Å². The van der Waals surface area contributed by atoms with Gasteiger partial charge >= 0.3 is 0 Å². The Morgan fingerprint density at radius 1 is 1.50 bits per heavy atom. The second-order valence-electron chi connectivity index (χ2n) is 4.11. The molecule has 0 fully saturated rings. The Balaban J connectivity index is 2.10. The number of rotatable bonds is 4. The first-order valence-electron chi connectivity index (χ1n) is 5.68. The van der Waals surface area contributed by atoms with Crippen molar-refractivity contribution in [3.63, 3.8) is 0 Å². The normalized spacial score (nSPS) is 15.2. The van der Waals surface area contributed by atoms with E-state index in [0.29, 0.717) is 36.3 Å². The van der Waals surface area contributed by atoms with Crippen molar-refractivity contribution in [2.24, 2.45) is 5.73 Å². The molecule has 0 saturated heterocycles. The molecule has 5 nitrogen and oxygen atoms in total. The van der Waals surface area contributed by atoms with Gasteiger partial charge in [0.15, 0.2) is 11.5 Å². The minimum atomic E-state index is -0.392. The van der Waals surface area contributed by atoms with E-state index < -0.39 is 11.9 Å². The van der Waals surface area contributed by atoms with E-state index >= 15 is 0 Å². The molecule has 0 aliphatic carbocycles. The van der Waals surface area contributed by atoms with Crippen LogP contribution in [0.1, 0.15) is 12.5 Å². The lowest BCUT2D eigenvalue weighted by Gasteiger charge is -2.20. The van der Waals surface area contributed by atoms with Gasteiger partial charge in [-0.05, 0) is 24.6 Å². The molecule has 1 atom stereocenters. The van der Waals surface area contributed by atoms with Crippen molar-refractivity contribution in [3.05, 3.63) is 22.7 Å². The van der Waals surface area contributed by atoms with Gasteiger partial charge in [0, 0.05) is 6.54 Å². The second kappa shape index (κ2) is 5.46. The Morgan fingerprint density at radius 3 is 2.94 bits per heavy atom. The van der Waals surface area contributed by atoms with E-state index in [1.54, 1.807) is 13.0 Å². The molecule has 0 saturated carbocycles. The number of nitrogens with one attached hydrogen (secondary N) is 1. The molecule has 0 bridgehead atoms. The third-order valence-corrected chi connectivity index (χ3v) is 2.98. The lowest BCUT2D eigenvalue weighted by Crippen LogP contribution is -2.38. The predicted molar refractivity (Wildman–Crippen MR) is 67.9 cm³/mol. The monoisotopic (exact) mass is 270 g/mol. The molecule has 6 heteroatoms. The summed E-state index contributed by atoms with van der Waals surface area (Å²) >= 11 is 6.10. The zero-order valence-electron chi connectivity index (χ0n) is 10.0. The van der Waals surface area contributed by atoms with Crippen molar-refractivity contribution in [2.75, 3.05) is 13.2 Å². The lowest BCUT2D eigenvalue weighted by molar-refractivity contribution is -0.119. The number of benzene rings is 1. The van der Waals surface area contributed by atoms with Gasteiger partial charge in [0.05, 0.1) is 11.1 Å². The fourth-order valence-corrected chi connectivity index (χ4v) is 1.93. The summed E-state index contributed by atoms with van der Waals surface area (Å²) in [5.41, 5.74) is 6.08. The Kier molecular flexibility index (Phi) is 3.93. The van der Waals surface area contributed by atoms with Crippen LogP contribution in [0.25, 0.3) is 0 Å². The van der Waals surface area contributed by atoms with Crippen LogP contribution in [-0.2, 0) is 11.3 Å². The molecule has 0 aromatic heterocycles. The maximum atomic E-state index is 10.9. The number of hydrogen-bond acceptors (Lipinski definition) is 4. The number of ether oxygens (including phenoxy) is 2. The first kappa shape index (κ1) is 13.0. The standard InChI is InChI=1S/C12H15ClN2O3/c1-7(12(14)16)15-6-8-4-9(13)11-10(5-8)17-2-3-18-11/h4-5,7,15H,2-3,6H2,1H3,(H2,14,16). The van der Waals surface area contributed by atoms with Crippen molar-refractivity contribution in [3.8, 4) is 11.5 Å². The van der Waals surface area contributed by atoms with Gasteiger partial charge in [-0.3, -0.25) is 4.79 Å². The quantitative estimate of drug-likeness (QED) is 0.858. The summed E-state index contributed by atoms with van der Waals surface area (Å²) in [6.07, 6.45) is 0. The molecule has 0 radical (unpaired) electrons. The van der Waals surface area contributed by atoms with Gasteiger partial charge in [-0.2, -0.15) is 0 Å². The number of amides is 1. The average Bonchev–Trinajstić information content (AvgIpc) is 2.36. The maximum Gasteiger partial charge on any atom is 0.234 e. The minimum Gasteiger partial charge on any atom is -0.486 e. The summed E-state index contributed by atoms with van der Waals surface area (Å²) < 4.78 is 10.9. The van der Waals surface area contributed by atoms with Crippen molar-refractivity contribution in [1.82, 2.24) is 5.32 Å². The fraction of sp³-hybridized carbons (Fsp3) is 0.417. The van der Waals surface area contributed by atoms with Crippen LogP contribution in [0.5, 0.6) is 11.5 Å². The highest BCUT2D eigenvalue weighted by Crippen LogP contribution is 2.38. The van der Waals surface area contributed by atoms with Crippen molar-refractivity contribution in [2.45, 2.75) is 19.5 Å². The summed E-state index contributed by atoms with van der Waals surface area (Å²) in [5.74, 6) is 0.825. The first-order chi connectivity index (χ1) is 8.58. The third kappa shape index (κ3) is 2.86. The number of halogens is 1. The van der Waals surface area contributed by atoms with Gasteiger partial charge in [-0.1, -0.05) is 11.6 Å². The summed E-state index contributed by atoms with van der Waals surface area (Å²) in [4.78, 5) is 10.9. The molecular formula is C12H15ClN2O3. The van der Waals surface area contributed by atoms with E-state index in [2.05, 4.69) is 5.32 Å². The van der Waals surface area contributed by atoms with E-state index in [1.165, 1.54) is 0 Å². The molecule has 1 heterocycles. The Hall–Kier alpha value is -1.46. The third-order valence-electron chi connectivity index (χ3n) is 2.70. The molecule has 1 aliphatic heterocycles. The van der Waals surface area contributed by atoms with Crippen molar-refractivity contribution in [1.29, 1.82) is 0 Å². The maximum absolute atomic E-state index is 10.9. The van der Waals surface area contributed by atoms with Crippen LogP contribution in [0.4, 0.5) is 0 Å². The van der Waals surface area contributed by atoms with E-state index in [4.69, 9.17) is 26.8 Å². The number of fused-ring (bicyclic) bond motifs is 1. The lowest BCUT2D eigenvalue weighted by atomic mass is 10.1. The summed E-state index contributed by atoms with van der Waals surface area (Å²) in [6.45, 7) is 3.21. The summed E-state index contributed by atoms with van der Waals surface area (Å²) in [5, 5.41) is 3.51. The molecule has 3 N–H and O–H groups in total. The van der Waals surface area contributed by atoms with Crippen molar-refractivity contribution < 1.29 is 14.3 Å². The molecule has 1 amide bonds. The van der Waals surface area contributed by atoms with Gasteiger partial charge in [0.25, 0.3) is 0 Å².